The monoisotopic (exact) mass is 572 g/mol. The number of likely N-dealkylation sites (tertiary alicyclic amines) is 2. The van der Waals surface area contributed by atoms with E-state index in [1.807, 2.05) is 18.2 Å². The predicted molar refractivity (Wildman–Crippen MR) is 158 cm³/mol. The van der Waals surface area contributed by atoms with Crippen molar-refractivity contribution in [3.05, 3.63) is 52.2 Å². The van der Waals surface area contributed by atoms with Crippen LogP contribution in [0.5, 0.6) is 0 Å². The van der Waals surface area contributed by atoms with E-state index in [1.54, 1.807) is 4.90 Å². The maximum atomic E-state index is 12.7. The summed E-state index contributed by atoms with van der Waals surface area (Å²) in [6.07, 6.45) is 5.63. The molecule has 4 heterocycles. The second-order valence-electron chi connectivity index (χ2n) is 10.9. The van der Waals surface area contributed by atoms with Crippen LogP contribution in [-0.4, -0.2) is 67.9 Å². The summed E-state index contributed by atoms with van der Waals surface area (Å²) in [6, 6.07) is 10.1. The van der Waals surface area contributed by atoms with Gasteiger partial charge in [-0.2, -0.15) is 15.5 Å². The molecule has 2 aromatic heterocycles. The molecule has 14 nitrogen and oxygen atoms in total. The molecule has 2 aliphatic heterocycles. The average Bonchev–Trinajstić information content (AvgIpc) is 2.99. The van der Waals surface area contributed by atoms with Gasteiger partial charge in [-0.15, -0.1) is 0 Å². The van der Waals surface area contributed by atoms with E-state index in [0.29, 0.717) is 60.2 Å². The number of H-pyrrole nitrogens is 1. The number of rotatable bonds is 9. The average molecular weight is 573 g/mol. The number of nitrogens with two attached hydrogens (primary N) is 2. The fourth-order valence-electron chi connectivity index (χ4n) is 5.72. The van der Waals surface area contributed by atoms with Crippen molar-refractivity contribution in [1.82, 2.24) is 35.5 Å². The molecule has 2 aliphatic rings. The van der Waals surface area contributed by atoms with Gasteiger partial charge in [0.2, 0.25) is 5.91 Å². The highest BCUT2D eigenvalue weighted by Gasteiger charge is 2.27. The minimum atomic E-state index is -0.370. The molecule has 0 bridgehead atoms. The van der Waals surface area contributed by atoms with Gasteiger partial charge in [0.1, 0.15) is 34.8 Å². The summed E-state index contributed by atoms with van der Waals surface area (Å²) in [6.45, 7) is 3.91. The Bertz CT molecular complexity index is 1510. The number of hydrazone groups is 1. The minimum Gasteiger partial charge on any atom is -0.386 e. The van der Waals surface area contributed by atoms with Gasteiger partial charge >= 0.3 is 0 Å². The first-order chi connectivity index (χ1) is 20.4. The molecule has 3 aromatic rings. The highest BCUT2D eigenvalue weighted by atomic mass is 16.2. The molecule has 14 heteroatoms. The molecule has 0 unspecified atom stereocenters. The van der Waals surface area contributed by atoms with E-state index in [1.165, 1.54) is 11.8 Å². The van der Waals surface area contributed by atoms with Gasteiger partial charge in [-0.25, -0.2) is 26.4 Å². The highest BCUT2D eigenvalue weighted by molar-refractivity contribution is 5.89. The van der Waals surface area contributed by atoms with Gasteiger partial charge in [-0.1, -0.05) is 12.1 Å². The molecule has 0 atom stereocenters. The van der Waals surface area contributed by atoms with Crippen LogP contribution in [0.3, 0.4) is 0 Å². The van der Waals surface area contributed by atoms with Gasteiger partial charge in [-0.05, 0) is 62.4 Å². The van der Waals surface area contributed by atoms with Gasteiger partial charge in [0, 0.05) is 37.7 Å². The Balaban J connectivity index is 1.25. The lowest BCUT2D eigenvalue weighted by Crippen LogP contribution is -2.38. The number of nitriles is 1. The van der Waals surface area contributed by atoms with Crippen LogP contribution in [-0.2, 0) is 11.3 Å². The number of hydrogen-bond acceptors (Lipinski definition) is 11. The summed E-state index contributed by atoms with van der Waals surface area (Å²) < 4.78 is 0. The Labute approximate surface area is 243 Å². The number of benzene rings is 1. The summed E-state index contributed by atoms with van der Waals surface area (Å²) in [4.78, 5) is 38.4. The smallest absolute Gasteiger partial charge is 0.277 e. The third-order valence-corrected chi connectivity index (χ3v) is 8.01. The van der Waals surface area contributed by atoms with E-state index < -0.39 is 0 Å². The molecule has 0 saturated carbocycles. The number of carbonyl (C=O) groups excluding carboxylic acids is 1. The third-order valence-electron chi connectivity index (χ3n) is 8.01. The Morgan fingerprint density at radius 1 is 1.12 bits per heavy atom. The molecule has 42 heavy (non-hydrogen) atoms. The Morgan fingerprint density at radius 2 is 1.86 bits per heavy atom. The standard InChI is InChI=1S/C28H36N12O2/c29-10-5-24(41)40-13-8-20(9-14-40)26-34-22-16-32-37-28(42)25(22)27(35-26)33-21-3-1-19(2-4-21)17-39-11-6-18(7-12-39)15-23(30)36-38-31/h1-4,16,18,20,38H,5-9,11-15,17,31H2,(H2,30,36)(H,37,42)(H,33,34,35). The summed E-state index contributed by atoms with van der Waals surface area (Å²) in [5.74, 6) is 7.15. The van der Waals surface area contributed by atoms with Gasteiger partial charge in [0.25, 0.3) is 5.56 Å². The second kappa shape index (κ2) is 13.4. The fourth-order valence-corrected chi connectivity index (χ4v) is 5.72. The van der Waals surface area contributed by atoms with Crippen LogP contribution in [0, 0.1) is 17.2 Å². The van der Waals surface area contributed by atoms with Crippen LogP contribution in [0.1, 0.15) is 55.8 Å². The number of aromatic nitrogens is 4. The van der Waals surface area contributed by atoms with E-state index in [9.17, 15) is 9.59 Å². The second-order valence-corrected chi connectivity index (χ2v) is 10.9. The molecule has 1 amide bonds. The number of nitrogens with zero attached hydrogens (tertiary/aromatic N) is 7. The number of fused-ring (bicyclic) bond motifs is 1. The van der Waals surface area contributed by atoms with Crippen molar-refractivity contribution in [2.24, 2.45) is 22.6 Å². The molecule has 0 radical (unpaired) electrons. The van der Waals surface area contributed by atoms with Crippen LogP contribution >= 0.6 is 0 Å². The fraction of sp³-hybridized carbons (Fsp3) is 0.464. The lowest BCUT2D eigenvalue weighted by atomic mass is 9.93. The molecule has 0 aliphatic carbocycles. The number of anilines is 2. The first-order valence-corrected chi connectivity index (χ1v) is 14.2. The van der Waals surface area contributed by atoms with Crippen molar-refractivity contribution >= 4 is 34.2 Å². The van der Waals surface area contributed by atoms with Crippen LogP contribution in [0.15, 0.2) is 40.4 Å². The summed E-state index contributed by atoms with van der Waals surface area (Å²) in [5, 5.41) is 22.8. The third kappa shape index (κ3) is 6.99. The number of amides is 1. The Kier molecular flexibility index (Phi) is 9.20. The largest absolute Gasteiger partial charge is 0.386 e. The number of piperidine rings is 2. The van der Waals surface area contributed by atoms with Crippen molar-refractivity contribution in [2.75, 3.05) is 31.5 Å². The van der Waals surface area contributed by atoms with Crippen LogP contribution in [0.4, 0.5) is 11.5 Å². The predicted octanol–water partition coefficient (Wildman–Crippen LogP) is 1.41. The summed E-state index contributed by atoms with van der Waals surface area (Å²) in [5.41, 5.74) is 10.2. The summed E-state index contributed by atoms with van der Waals surface area (Å²) >= 11 is 0. The molecule has 1 aromatic carbocycles. The van der Waals surface area contributed by atoms with E-state index in [2.05, 4.69) is 48.2 Å². The highest BCUT2D eigenvalue weighted by Crippen LogP contribution is 2.30. The first kappa shape index (κ1) is 28.9. The maximum Gasteiger partial charge on any atom is 0.277 e. The van der Waals surface area contributed by atoms with Crippen molar-refractivity contribution in [2.45, 2.75) is 51.0 Å². The molecule has 5 rings (SSSR count). The van der Waals surface area contributed by atoms with E-state index in [0.717, 1.165) is 44.6 Å². The van der Waals surface area contributed by atoms with Crippen molar-refractivity contribution < 1.29 is 4.79 Å². The van der Waals surface area contributed by atoms with Crippen LogP contribution < -0.4 is 28.0 Å². The molecular formula is C28H36N12O2. The Hall–Kier alpha value is -4.61. The Morgan fingerprint density at radius 3 is 2.55 bits per heavy atom. The number of amidine groups is 1. The number of aromatic amines is 1. The van der Waals surface area contributed by atoms with E-state index in [-0.39, 0.29) is 23.8 Å². The quantitative estimate of drug-likeness (QED) is 0.107. The number of carbonyl (C=O) groups is 1. The zero-order valence-electron chi connectivity index (χ0n) is 23.4. The molecular weight excluding hydrogens is 536 g/mol. The SMILES string of the molecule is N#CCC(=O)N1CCC(c2nc(Nc3ccc(CN4CCC(C/C(N)=N/NN)CC4)cc3)c3c(=O)[nH]ncc3n2)CC1. The van der Waals surface area contributed by atoms with Gasteiger partial charge in [0.05, 0.1) is 12.3 Å². The lowest BCUT2D eigenvalue weighted by Gasteiger charge is -2.31. The van der Waals surface area contributed by atoms with Gasteiger partial charge < -0.3 is 16.0 Å². The zero-order valence-corrected chi connectivity index (χ0v) is 23.4. The first-order valence-electron chi connectivity index (χ1n) is 14.2. The molecule has 220 valence electrons. The number of hydrazine groups is 1. The number of hydrogen-bond donors (Lipinski definition) is 5. The van der Waals surface area contributed by atoms with Gasteiger partial charge in [-0.3, -0.25) is 14.5 Å². The molecule has 2 saturated heterocycles. The normalized spacial score (nSPS) is 17.2. The zero-order chi connectivity index (χ0) is 29.5. The molecule has 0 spiro atoms. The molecule has 7 N–H and O–H groups in total. The van der Waals surface area contributed by atoms with E-state index >= 15 is 0 Å². The van der Waals surface area contributed by atoms with Crippen LogP contribution in [0.25, 0.3) is 10.9 Å². The topological polar surface area (TPSA) is 207 Å². The van der Waals surface area contributed by atoms with Crippen LogP contribution in [0.2, 0.25) is 0 Å². The summed E-state index contributed by atoms with van der Waals surface area (Å²) in [7, 11) is 0. The van der Waals surface area contributed by atoms with Crippen molar-refractivity contribution in [3.63, 3.8) is 0 Å². The number of nitrogens with one attached hydrogen (secondary N) is 3. The maximum absolute atomic E-state index is 12.7. The molecule has 2 fully saturated rings. The van der Waals surface area contributed by atoms with Gasteiger partial charge in [0.15, 0.2) is 0 Å². The minimum absolute atomic E-state index is 0.0212. The van der Waals surface area contributed by atoms with Crippen molar-refractivity contribution in [3.8, 4) is 6.07 Å². The van der Waals surface area contributed by atoms with Crippen molar-refractivity contribution in [1.29, 1.82) is 5.26 Å². The lowest BCUT2D eigenvalue weighted by molar-refractivity contribution is -0.131. The van der Waals surface area contributed by atoms with E-state index in [4.69, 9.17) is 21.8 Å².